The lowest BCUT2D eigenvalue weighted by Crippen LogP contribution is -2.31. The van der Waals surface area contributed by atoms with Crippen molar-refractivity contribution in [1.82, 2.24) is 10.3 Å². The molecule has 5 nitrogen and oxygen atoms in total. The third kappa shape index (κ3) is 4.52. The Bertz CT molecular complexity index is 495. The van der Waals surface area contributed by atoms with Crippen molar-refractivity contribution in [2.75, 3.05) is 0 Å². The number of aromatic nitrogens is 1. The van der Waals surface area contributed by atoms with Crippen molar-refractivity contribution in [3.05, 3.63) is 16.1 Å². The predicted octanol–water partition coefficient (Wildman–Crippen LogP) is 3.06. The first-order valence-electron chi connectivity index (χ1n) is 7.55. The van der Waals surface area contributed by atoms with Gasteiger partial charge in [0.25, 0.3) is 0 Å². The number of hydrogen-bond donors (Lipinski definition) is 2. The van der Waals surface area contributed by atoms with Gasteiger partial charge in [-0.25, -0.2) is 9.78 Å². The molecule has 0 aromatic carbocycles. The van der Waals surface area contributed by atoms with Crippen molar-refractivity contribution in [2.45, 2.75) is 52.0 Å². The van der Waals surface area contributed by atoms with Gasteiger partial charge in [0, 0.05) is 11.3 Å². The second-order valence-electron chi connectivity index (χ2n) is 5.64. The van der Waals surface area contributed by atoms with E-state index in [2.05, 4.69) is 10.3 Å². The Labute approximate surface area is 128 Å². The normalized spacial score (nSPS) is 16.8. The minimum atomic E-state index is -1.03. The summed E-state index contributed by atoms with van der Waals surface area (Å²) in [4.78, 5) is 27.0. The van der Waals surface area contributed by atoms with Gasteiger partial charge < -0.3 is 10.4 Å². The fraction of sp³-hybridized carbons (Fsp3) is 0.667. The molecule has 2 N–H and O–H groups in total. The zero-order chi connectivity index (χ0) is 15.2. The minimum Gasteiger partial charge on any atom is -0.476 e. The number of aromatic carboxylic acids is 1. The van der Waals surface area contributed by atoms with Crippen LogP contribution < -0.4 is 5.32 Å². The first-order valence-corrected chi connectivity index (χ1v) is 8.43. The highest BCUT2D eigenvalue weighted by Crippen LogP contribution is 2.31. The summed E-state index contributed by atoms with van der Waals surface area (Å²) in [5.41, 5.74) is 0.0437. The van der Waals surface area contributed by atoms with Gasteiger partial charge in [-0.3, -0.25) is 4.79 Å². The Hall–Kier alpha value is -1.43. The highest BCUT2D eigenvalue weighted by atomic mass is 32.1. The largest absolute Gasteiger partial charge is 0.476 e. The lowest BCUT2D eigenvalue weighted by Gasteiger charge is -2.18. The number of nitrogens with one attached hydrogen (secondary N) is 1. The molecule has 0 spiro atoms. The molecule has 6 heteroatoms. The minimum absolute atomic E-state index is 0.0437. The summed E-state index contributed by atoms with van der Waals surface area (Å²) in [7, 11) is 0. The molecule has 1 aliphatic rings. The van der Waals surface area contributed by atoms with Gasteiger partial charge in [0.2, 0.25) is 5.91 Å². The number of carboxylic acids is 1. The molecule has 1 aromatic rings. The SMILES string of the molecule is CCC(CC1CCCC1)C(=O)NCc1nc(C(=O)O)cs1. The standard InChI is InChI=1S/C15H22N2O3S/c1-2-11(7-10-5-3-4-6-10)14(18)16-8-13-17-12(9-21-13)15(19)20/h9-11H,2-8H2,1H3,(H,16,18)(H,19,20). The first-order chi connectivity index (χ1) is 10.1. The van der Waals surface area contributed by atoms with Crippen molar-refractivity contribution < 1.29 is 14.7 Å². The van der Waals surface area contributed by atoms with Crippen molar-refractivity contribution >= 4 is 23.2 Å². The molecule has 0 bridgehead atoms. The van der Waals surface area contributed by atoms with E-state index in [-0.39, 0.29) is 17.5 Å². The third-order valence-corrected chi connectivity index (χ3v) is 4.99. The molecule has 1 saturated carbocycles. The van der Waals surface area contributed by atoms with E-state index < -0.39 is 5.97 Å². The number of thiazole rings is 1. The van der Waals surface area contributed by atoms with Crippen LogP contribution in [0.15, 0.2) is 5.38 Å². The zero-order valence-corrected chi connectivity index (χ0v) is 13.1. The number of nitrogens with zero attached hydrogens (tertiary/aromatic N) is 1. The number of carbonyl (C=O) groups excluding carboxylic acids is 1. The van der Waals surface area contributed by atoms with Gasteiger partial charge >= 0.3 is 5.97 Å². The summed E-state index contributed by atoms with van der Waals surface area (Å²) in [6.07, 6.45) is 6.90. The summed E-state index contributed by atoms with van der Waals surface area (Å²) in [6.45, 7) is 2.36. The fourth-order valence-corrected chi connectivity index (χ4v) is 3.61. The van der Waals surface area contributed by atoms with Gasteiger partial charge in [-0.2, -0.15) is 0 Å². The molecular formula is C15H22N2O3S. The van der Waals surface area contributed by atoms with E-state index in [9.17, 15) is 9.59 Å². The molecule has 1 aromatic heterocycles. The van der Waals surface area contributed by atoms with Crippen LogP contribution in [0.25, 0.3) is 0 Å². The van der Waals surface area contributed by atoms with Crippen molar-refractivity contribution in [3.63, 3.8) is 0 Å². The average Bonchev–Trinajstić information content (AvgIpc) is 3.13. The monoisotopic (exact) mass is 310 g/mol. The molecule has 0 radical (unpaired) electrons. The van der Waals surface area contributed by atoms with Crippen molar-refractivity contribution in [3.8, 4) is 0 Å². The van der Waals surface area contributed by atoms with Crippen LogP contribution in [0, 0.1) is 11.8 Å². The molecule has 1 unspecified atom stereocenters. The van der Waals surface area contributed by atoms with Crippen molar-refractivity contribution in [1.29, 1.82) is 0 Å². The Kier molecular flexibility index (Phi) is 5.73. The molecule has 1 amide bonds. The molecule has 0 saturated heterocycles. The van der Waals surface area contributed by atoms with Gasteiger partial charge in [0.05, 0.1) is 6.54 Å². The van der Waals surface area contributed by atoms with Crippen LogP contribution in [0.2, 0.25) is 0 Å². The second-order valence-corrected chi connectivity index (χ2v) is 6.58. The van der Waals surface area contributed by atoms with Crippen LogP contribution in [0.5, 0.6) is 0 Å². The van der Waals surface area contributed by atoms with E-state index >= 15 is 0 Å². The molecule has 0 aliphatic heterocycles. The Balaban J connectivity index is 1.82. The summed E-state index contributed by atoms with van der Waals surface area (Å²) in [5.74, 6) is -0.209. The number of carboxylic acid groups (broad SMARTS) is 1. The smallest absolute Gasteiger partial charge is 0.355 e. The van der Waals surface area contributed by atoms with E-state index in [1.165, 1.54) is 42.4 Å². The summed E-state index contributed by atoms with van der Waals surface area (Å²) in [5, 5.41) is 13.8. The maximum atomic E-state index is 12.2. The van der Waals surface area contributed by atoms with Crippen LogP contribution in [0.3, 0.4) is 0 Å². The number of amides is 1. The fourth-order valence-electron chi connectivity index (χ4n) is 2.90. The van der Waals surface area contributed by atoms with E-state index in [0.717, 1.165) is 12.8 Å². The Morgan fingerprint density at radius 3 is 2.76 bits per heavy atom. The van der Waals surface area contributed by atoms with Gasteiger partial charge in [0.1, 0.15) is 5.01 Å². The van der Waals surface area contributed by atoms with Gasteiger partial charge in [0.15, 0.2) is 5.69 Å². The molecule has 1 atom stereocenters. The molecule has 2 rings (SSSR count). The predicted molar refractivity (Wildman–Crippen MR) is 81.3 cm³/mol. The van der Waals surface area contributed by atoms with Crippen molar-refractivity contribution in [2.24, 2.45) is 11.8 Å². The van der Waals surface area contributed by atoms with Gasteiger partial charge in [-0.15, -0.1) is 11.3 Å². The van der Waals surface area contributed by atoms with E-state index in [0.29, 0.717) is 17.5 Å². The van der Waals surface area contributed by atoms with Crippen LogP contribution in [-0.2, 0) is 11.3 Å². The third-order valence-electron chi connectivity index (χ3n) is 4.14. The van der Waals surface area contributed by atoms with E-state index in [1.54, 1.807) is 0 Å². The highest BCUT2D eigenvalue weighted by Gasteiger charge is 2.23. The number of rotatable bonds is 7. The Morgan fingerprint density at radius 2 is 2.19 bits per heavy atom. The zero-order valence-electron chi connectivity index (χ0n) is 12.3. The van der Waals surface area contributed by atoms with E-state index in [1.807, 2.05) is 6.92 Å². The first kappa shape index (κ1) is 15.9. The molecule has 1 heterocycles. The van der Waals surface area contributed by atoms with Gasteiger partial charge in [-0.05, 0) is 18.8 Å². The number of carbonyl (C=O) groups is 2. The molecule has 1 aliphatic carbocycles. The lowest BCUT2D eigenvalue weighted by molar-refractivity contribution is -0.125. The average molecular weight is 310 g/mol. The summed E-state index contributed by atoms with van der Waals surface area (Å²) < 4.78 is 0. The number of hydrogen-bond acceptors (Lipinski definition) is 4. The summed E-state index contributed by atoms with van der Waals surface area (Å²) >= 11 is 1.27. The molecule has 21 heavy (non-hydrogen) atoms. The topological polar surface area (TPSA) is 79.3 Å². The Morgan fingerprint density at radius 1 is 1.48 bits per heavy atom. The molecule has 1 fully saturated rings. The van der Waals surface area contributed by atoms with Crippen LogP contribution in [0.1, 0.15) is 60.9 Å². The highest BCUT2D eigenvalue weighted by molar-refractivity contribution is 7.09. The quantitative estimate of drug-likeness (QED) is 0.811. The molecule has 116 valence electrons. The molecular weight excluding hydrogens is 288 g/mol. The van der Waals surface area contributed by atoms with Gasteiger partial charge in [-0.1, -0.05) is 32.6 Å². The van der Waals surface area contributed by atoms with Crippen LogP contribution in [-0.4, -0.2) is 22.0 Å². The van der Waals surface area contributed by atoms with E-state index in [4.69, 9.17) is 5.11 Å². The second kappa shape index (κ2) is 7.54. The van der Waals surface area contributed by atoms with Crippen LogP contribution in [0.4, 0.5) is 0 Å². The maximum Gasteiger partial charge on any atom is 0.355 e. The van der Waals surface area contributed by atoms with Crippen LogP contribution >= 0.6 is 11.3 Å². The summed E-state index contributed by atoms with van der Waals surface area (Å²) in [6, 6.07) is 0. The maximum absolute atomic E-state index is 12.2. The lowest BCUT2D eigenvalue weighted by atomic mass is 9.91.